The number of fused-ring (bicyclic) bond motifs is 1. The van der Waals surface area contributed by atoms with E-state index < -0.39 is 23.2 Å². The van der Waals surface area contributed by atoms with E-state index in [2.05, 4.69) is 15.4 Å². The van der Waals surface area contributed by atoms with Crippen LogP contribution in [0, 0.1) is 18.6 Å². The molecule has 3 heterocycles. The molecule has 1 aromatic carbocycles. The molecule has 0 aliphatic rings. The summed E-state index contributed by atoms with van der Waals surface area (Å²) in [7, 11) is 0. The fourth-order valence-corrected chi connectivity index (χ4v) is 3.51. The second-order valence-electron chi connectivity index (χ2n) is 5.98. The van der Waals surface area contributed by atoms with Crippen LogP contribution in [-0.4, -0.2) is 20.7 Å². The van der Waals surface area contributed by atoms with E-state index in [0.717, 1.165) is 17.0 Å². The van der Waals surface area contributed by atoms with Gasteiger partial charge >= 0.3 is 0 Å². The highest BCUT2D eigenvalue weighted by Crippen LogP contribution is 2.23. The first kappa shape index (κ1) is 17.3. The largest absolute Gasteiger partial charge is 0.317 e. The summed E-state index contributed by atoms with van der Waals surface area (Å²) in [5, 5.41) is 9.14. The summed E-state index contributed by atoms with van der Waals surface area (Å²) < 4.78 is 29.4. The average molecular weight is 384 g/mol. The van der Waals surface area contributed by atoms with Crippen LogP contribution in [0.1, 0.15) is 20.9 Å². The second kappa shape index (κ2) is 6.88. The molecule has 0 fully saturated rings. The Morgan fingerprint density at radius 1 is 1.22 bits per heavy atom. The number of hydrogen-bond acceptors (Lipinski definition) is 4. The van der Waals surface area contributed by atoms with Crippen LogP contribution in [0.15, 0.2) is 48.0 Å². The molecule has 1 N–H and O–H groups in total. The van der Waals surface area contributed by atoms with Crippen molar-refractivity contribution >= 4 is 34.0 Å². The van der Waals surface area contributed by atoms with Crippen LogP contribution in [0.2, 0.25) is 0 Å². The van der Waals surface area contributed by atoms with Crippen molar-refractivity contribution in [3.63, 3.8) is 0 Å². The number of nitrogens with zero attached hydrogens (tertiary/aromatic N) is 3. The molecule has 0 saturated carbocycles. The van der Waals surface area contributed by atoms with Crippen molar-refractivity contribution in [2.24, 2.45) is 0 Å². The minimum absolute atomic E-state index is 0.262. The minimum atomic E-state index is -0.834. The Morgan fingerprint density at radius 2 is 2.00 bits per heavy atom. The SMILES string of the molecule is Cc1cc(C(=O)Nc2c(F)cccc2F)c2cnn(Cc3cccs3)c2n1. The van der Waals surface area contributed by atoms with Crippen LogP contribution in [0.4, 0.5) is 14.5 Å². The number of aryl methyl sites for hydroxylation is 1. The molecule has 0 aliphatic carbocycles. The molecule has 0 aliphatic heterocycles. The number of hydrogen-bond donors (Lipinski definition) is 1. The van der Waals surface area contributed by atoms with Gasteiger partial charge in [-0.1, -0.05) is 12.1 Å². The molecular formula is C19H14F2N4OS. The van der Waals surface area contributed by atoms with E-state index in [1.165, 1.54) is 6.07 Å². The summed E-state index contributed by atoms with van der Waals surface area (Å²) in [4.78, 5) is 18.3. The third-order valence-electron chi connectivity index (χ3n) is 4.07. The average Bonchev–Trinajstić information content (AvgIpc) is 3.28. The first-order valence-corrected chi connectivity index (χ1v) is 9.02. The Bertz CT molecular complexity index is 1120. The molecule has 3 aromatic heterocycles. The maximum Gasteiger partial charge on any atom is 0.256 e. The zero-order valence-corrected chi connectivity index (χ0v) is 15.1. The number of nitrogens with one attached hydrogen (secondary N) is 1. The quantitative estimate of drug-likeness (QED) is 0.568. The van der Waals surface area contributed by atoms with E-state index in [-0.39, 0.29) is 5.56 Å². The predicted molar refractivity (Wildman–Crippen MR) is 100.0 cm³/mol. The molecule has 5 nitrogen and oxygen atoms in total. The molecule has 1 amide bonds. The smallest absolute Gasteiger partial charge is 0.256 e. The number of anilines is 1. The Balaban J connectivity index is 1.73. The summed E-state index contributed by atoms with van der Waals surface area (Å²) in [5.41, 5.74) is 0.936. The van der Waals surface area contributed by atoms with Gasteiger partial charge in [0.25, 0.3) is 5.91 Å². The first-order chi connectivity index (χ1) is 13.0. The Kier molecular flexibility index (Phi) is 4.41. The van der Waals surface area contributed by atoms with Gasteiger partial charge in [0.05, 0.1) is 23.7 Å². The first-order valence-electron chi connectivity index (χ1n) is 8.14. The van der Waals surface area contributed by atoms with Crippen LogP contribution >= 0.6 is 11.3 Å². The molecule has 0 radical (unpaired) electrons. The Labute approximate surface area is 157 Å². The summed E-state index contributed by atoms with van der Waals surface area (Å²) in [5.74, 6) is -2.29. The van der Waals surface area contributed by atoms with Crippen molar-refractivity contribution in [3.05, 3.63) is 75.7 Å². The maximum absolute atomic E-state index is 13.9. The number of benzene rings is 1. The molecule has 8 heteroatoms. The fourth-order valence-electron chi connectivity index (χ4n) is 2.82. The summed E-state index contributed by atoms with van der Waals surface area (Å²) in [6.07, 6.45) is 1.54. The lowest BCUT2D eigenvalue weighted by Gasteiger charge is -2.09. The highest BCUT2D eigenvalue weighted by molar-refractivity contribution is 7.09. The number of rotatable bonds is 4. The van der Waals surface area contributed by atoms with Crippen LogP contribution in [-0.2, 0) is 6.54 Å². The standard InChI is InChI=1S/C19H14F2N4OS/c1-11-8-13(19(26)24-17-15(20)5-2-6-16(17)21)14-9-22-25(18(14)23-11)10-12-4-3-7-27-12/h2-9H,10H2,1H3,(H,24,26). The van der Waals surface area contributed by atoms with Crippen molar-refractivity contribution in [1.82, 2.24) is 14.8 Å². The van der Waals surface area contributed by atoms with Crippen molar-refractivity contribution in [2.45, 2.75) is 13.5 Å². The molecule has 0 atom stereocenters. The Hall–Kier alpha value is -3.13. The van der Waals surface area contributed by atoms with E-state index in [1.54, 1.807) is 35.2 Å². The van der Waals surface area contributed by atoms with Gasteiger partial charge in [-0.05, 0) is 36.6 Å². The number of aromatic nitrogens is 3. The van der Waals surface area contributed by atoms with Crippen molar-refractivity contribution in [2.75, 3.05) is 5.32 Å². The molecule has 27 heavy (non-hydrogen) atoms. The third kappa shape index (κ3) is 3.31. The fraction of sp³-hybridized carbons (Fsp3) is 0.105. The molecular weight excluding hydrogens is 370 g/mol. The molecule has 0 unspecified atom stereocenters. The van der Waals surface area contributed by atoms with Gasteiger partial charge in [0.15, 0.2) is 5.65 Å². The number of carbonyl (C=O) groups is 1. The number of thiophene rings is 1. The zero-order valence-electron chi connectivity index (χ0n) is 14.2. The van der Waals surface area contributed by atoms with Gasteiger partial charge in [-0.3, -0.25) is 4.79 Å². The molecule has 4 rings (SSSR count). The number of carbonyl (C=O) groups excluding carboxylic acids is 1. The molecule has 136 valence electrons. The lowest BCUT2D eigenvalue weighted by atomic mass is 10.1. The molecule has 4 aromatic rings. The zero-order chi connectivity index (χ0) is 19.0. The van der Waals surface area contributed by atoms with Gasteiger partial charge in [0.1, 0.15) is 17.3 Å². The van der Waals surface area contributed by atoms with Crippen LogP contribution < -0.4 is 5.32 Å². The van der Waals surface area contributed by atoms with Crippen molar-refractivity contribution in [1.29, 1.82) is 0 Å². The van der Waals surface area contributed by atoms with Crippen molar-refractivity contribution < 1.29 is 13.6 Å². The van der Waals surface area contributed by atoms with Gasteiger partial charge in [-0.15, -0.1) is 11.3 Å². The van der Waals surface area contributed by atoms with Gasteiger partial charge in [0.2, 0.25) is 0 Å². The third-order valence-corrected chi connectivity index (χ3v) is 4.93. The lowest BCUT2D eigenvalue weighted by molar-refractivity contribution is 0.102. The predicted octanol–water partition coefficient (Wildman–Crippen LogP) is 4.38. The Morgan fingerprint density at radius 3 is 2.70 bits per heavy atom. The van der Waals surface area contributed by atoms with Crippen LogP contribution in [0.5, 0.6) is 0 Å². The minimum Gasteiger partial charge on any atom is -0.317 e. The highest BCUT2D eigenvalue weighted by Gasteiger charge is 2.19. The number of halogens is 2. The van der Waals surface area contributed by atoms with Gasteiger partial charge in [0, 0.05) is 10.6 Å². The van der Waals surface area contributed by atoms with Gasteiger partial charge < -0.3 is 5.32 Å². The summed E-state index contributed by atoms with van der Waals surface area (Å²) >= 11 is 1.60. The van der Waals surface area contributed by atoms with Gasteiger partial charge in [-0.2, -0.15) is 5.10 Å². The topological polar surface area (TPSA) is 59.8 Å². The van der Waals surface area contributed by atoms with Crippen LogP contribution in [0.25, 0.3) is 11.0 Å². The monoisotopic (exact) mass is 384 g/mol. The van der Waals surface area contributed by atoms with E-state index in [1.807, 2.05) is 17.5 Å². The summed E-state index contributed by atoms with van der Waals surface area (Å²) in [6, 6.07) is 8.93. The number of pyridine rings is 1. The van der Waals surface area contributed by atoms with Gasteiger partial charge in [-0.25, -0.2) is 18.4 Å². The highest BCUT2D eigenvalue weighted by atomic mass is 32.1. The lowest BCUT2D eigenvalue weighted by Crippen LogP contribution is -2.15. The second-order valence-corrected chi connectivity index (χ2v) is 7.01. The normalized spacial score (nSPS) is 11.1. The van der Waals surface area contributed by atoms with Crippen LogP contribution in [0.3, 0.4) is 0 Å². The van der Waals surface area contributed by atoms with E-state index in [9.17, 15) is 13.6 Å². The van der Waals surface area contributed by atoms with Crippen molar-refractivity contribution in [3.8, 4) is 0 Å². The summed E-state index contributed by atoms with van der Waals surface area (Å²) in [6.45, 7) is 2.28. The van der Waals surface area contributed by atoms with E-state index in [4.69, 9.17) is 0 Å². The molecule has 0 saturated heterocycles. The van der Waals surface area contributed by atoms with E-state index in [0.29, 0.717) is 23.3 Å². The molecule has 0 spiro atoms. The number of amides is 1. The number of para-hydroxylation sites is 1. The maximum atomic E-state index is 13.9. The molecule has 0 bridgehead atoms. The van der Waals surface area contributed by atoms with E-state index >= 15 is 0 Å².